The number of carbonyl (C=O) groups excluding carboxylic acids is 1. The maximum absolute atomic E-state index is 10.1. The van der Waals surface area contributed by atoms with E-state index in [1.807, 2.05) is 30.3 Å². The van der Waals surface area contributed by atoms with Crippen LogP contribution in [-0.2, 0) is 4.79 Å². The van der Waals surface area contributed by atoms with Crippen molar-refractivity contribution in [2.75, 3.05) is 5.32 Å². The van der Waals surface area contributed by atoms with E-state index in [1.165, 1.54) is 16.8 Å². The van der Waals surface area contributed by atoms with Gasteiger partial charge in [-0.1, -0.05) is 30.3 Å². The van der Waals surface area contributed by atoms with Crippen molar-refractivity contribution < 1.29 is 4.79 Å². The molecule has 2 heteroatoms. The van der Waals surface area contributed by atoms with Gasteiger partial charge in [0.05, 0.1) is 0 Å². The first kappa shape index (κ1) is 9.46. The van der Waals surface area contributed by atoms with Crippen LogP contribution in [0, 0.1) is 0 Å². The van der Waals surface area contributed by atoms with E-state index in [-0.39, 0.29) is 0 Å². The Morgan fingerprint density at radius 3 is 2.60 bits per heavy atom. The van der Waals surface area contributed by atoms with E-state index in [0.717, 1.165) is 12.0 Å². The van der Waals surface area contributed by atoms with Gasteiger partial charge in [0.15, 0.2) is 0 Å². The zero-order valence-electron chi connectivity index (χ0n) is 8.18. The molecule has 1 N–H and O–H groups in total. The molecule has 0 amide bonds. The monoisotopic (exact) mass is 197 g/mol. The molecule has 0 radical (unpaired) electrons. The SMILES string of the molecule is O=CC=CNc1ccc2ccccc2c1. The Hall–Kier alpha value is -2.09. The van der Waals surface area contributed by atoms with E-state index in [0.29, 0.717) is 0 Å². The summed E-state index contributed by atoms with van der Waals surface area (Å²) in [5.41, 5.74) is 0.979. The zero-order valence-corrected chi connectivity index (χ0v) is 8.18. The molecule has 0 unspecified atom stereocenters. The second-order valence-electron chi connectivity index (χ2n) is 3.20. The average molecular weight is 197 g/mol. The minimum Gasteiger partial charge on any atom is -0.362 e. The van der Waals surface area contributed by atoms with E-state index < -0.39 is 0 Å². The van der Waals surface area contributed by atoms with Crippen molar-refractivity contribution in [2.24, 2.45) is 0 Å². The van der Waals surface area contributed by atoms with Crippen molar-refractivity contribution in [1.82, 2.24) is 0 Å². The Morgan fingerprint density at radius 2 is 1.80 bits per heavy atom. The normalized spacial score (nSPS) is 10.7. The van der Waals surface area contributed by atoms with Crippen molar-refractivity contribution in [3.8, 4) is 0 Å². The summed E-state index contributed by atoms with van der Waals surface area (Å²) >= 11 is 0. The van der Waals surface area contributed by atoms with Gasteiger partial charge in [-0.2, -0.15) is 0 Å². The molecule has 2 nitrogen and oxygen atoms in total. The molecule has 0 atom stereocenters. The molecule has 74 valence electrons. The Morgan fingerprint density at radius 1 is 1.00 bits per heavy atom. The van der Waals surface area contributed by atoms with Gasteiger partial charge < -0.3 is 5.32 Å². The molecule has 0 aliphatic carbocycles. The molecule has 15 heavy (non-hydrogen) atoms. The fraction of sp³-hybridized carbons (Fsp3) is 0. The molecule has 0 aliphatic rings. The van der Waals surface area contributed by atoms with E-state index in [1.54, 1.807) is 6.20 Å². The van der Waals surface area contributed by atoms with Crippen LogP contribution in [-0.4, -0.2) is 6.29 Å². The van der Waals surface area contributed by atoms with Gasteiger partial charge in [-0.05, 0) is 29.0 Å². The first-order chi connectivity index (χ1) is 7.40. The van der Waals surface area contributed by atoms with Gasteiger partial charge >= 0.3 is 0 Å². The maximum atomic E-state index is 10.1. The Balaban J connectivity index is 2.30. The van der Waals surface area contributed by atoms with Gasteiger partial charge in [-0.3, -0.25) is 4.79 Å². The van der Waals surface area contributed by atoms with Crippen molar-refractivity contribution in [1.29, 1.82) is 0 Å². The highest BCUT2D eigenvalue weighted by Gasteiger charge is 1.92. The summed E-state index contributed by atoms with van der Waals surface area (Å²) in [6, 6.07) is 14.2. The third-order valence-electron chi connectivity index (χ3n) is 2.17. The second kappa shape index (κ2) is 4.42. The molecular weight excluding hydrogens is 186 g/mol. The zero-order chi connectivity index (χ0) is 10.5. The van der Waals surface area contributed by atoms with Gasteiger partial charge in [0.25, 0.3) is 0 Å². The number of rotatable bonds is 3. The Kier molecular flexibility index (Phi) is 2.79. The minimum atomic E-state index is 0.744. The van der Waals surface area contributed by atoms with E-state index in [4.69, 9.17) is 0 Å². The highest BCUT2D eigenvalue weighted by molar-refractivity contribution is 5.85. The van der Waals surface area contributed by atoms with Crippen molar-refractivity contribution in [3.05, 3.63) is 54.7 Å². The number of hydrogen-bond donors (Lipinski definition) is 1. The standard InChI is InChI=1S/C13H11NO/c15-9-3-8-14-13-7-6-11-4-1-2-5-12(11)10-13/h1-10,14H. The smallest absolute Gasteiger partial charge is 0.144 e. The molecule has 0 bridgehead atoms. The highest BCUT2D eigenvalue weighted by atomic mass is 16.1. The fourth-order valence-electron chi connectivity index (χ4n) is 1.46. The lowest BCUT2D eigenvalue weighted by Gasteiger charge is -2.02. The molecule has 2 aromatic carbocycles. The van der Waals surface area contributed by atoms with Crippen LogP contribution in [0.3, 0.4) is 0 Å². The molecular formula is C13H11NO. The van der Waals surface area contributed by atoms with Crippen LogP contribution in [0.5, 0.6) is 0 Å². The lowest BCUT2D eigenvalue weighted by atomic mass is 10.1. The predicted octanol–water partition coefficient (Wildman–Crippen LogP) is 2.96. The Labute approximate surface area is 88.2 Å². The molecule has 2 aromatic rings. The minimum absolute atomic E-state index is 0.744. The largest absolute Gasteiger partial charge is 0.362 e. The first-order valence-electron chi connectivity index (χ1n) is 4.76. The maximum Gasteiger partial charge on any atom is 0.144 e. The summed E-state index contributed by atoms with van der Waals surface area (Å²) < 4.78 is 0. The summed E-state index contributed by atoms with van der Waals surface area (Å²) in [6.45, 7) is 0. The molecule has 0 saturated heterocycles. The van der Waals surface area contributed by atoms with Gasteiger partial charge in [-0.25, -0.2) is 0 Å². The van der Waals surface area contributed by atoms with Crippen molar-refractivity contribution in [2.45, 2.75) is 0 Å². The Bertz CT molecular complexity index is 503. The molecule has 2 rings (SSSR count). The van der Waals surface area contributed by atoms with E-state index in [9.17, 15) is 4.79 Å². The third-order valence-corrected chi connectivity index (χ3v) is 2.17. The topological polar surface area (TPSA) is 29.1 Å². The first-order valence-corrected chi connectivity index (χ1v) is 4.76. The van der Waals surface area contributed by atoms with Crippen LogP contribution < -0.4 is 5.32 Å². The number of benzene rings is 2. The van der Waals surface area contributed by atoms with Gasteiger partial charge in [0.2, 0.25) is 0 Å². The van der Waals surface area contributed by atoms with E-state index in [2.05, 4.69) is 17.4 Å². The molecule has 0 spiro atoms. The number of aldehydes is 1. The summed E-state index contributed by atoms with van der Waals surface area (Å²) in [5, 5.41) is 5.42. The molecule has 0 fully saturated rings. The number of allylic oxidation sites excluding steroid dienone is 1. The average Bonchev–Trinajstić information content (AvgIpc) is 2.29. The van der Waals surface area contributed by atoms with Crippen LogP contribution >= 0.6 is 0 Å². The van der Waals surface area contributed by atoms with Crippen LogP contribution in [0.4, 0.5) is 5.69 Å². The highest BCUT2D eigenvalue weighted by Crippen LogP contribution is 2.18. The summed E-state index contributed by atoms with van der Waals surface area (Å²) in [6.07, 6.45) is 3.79. The predicted molar refractivity (Wildman–Crippen MR) is 62.8 cm³/mol. The molecule has 0 heterocycles. The summed E-state index contributed by atoms with van der Waals surface area (Å²) in [4.78, 5) is 10.1. The van der Waals surface area contributed by atoms with Crippen molar-refractivity contribution in [3.63, 3.8) is 0 Å². The van der Waals surface area contributed by atoms with Crippen LogP contribution in [0.1, 0.15) is 0 Å². The summed E-state index contributed by atoms with van der Waals surface area (Å²) in [5.74, 6) is 0. The summed E-state index contributed by atoms with van der Waals surface area (Å²) in [7, 11) is 0. The number of nitrogens with one attached hydrogen (secondary N) is 1. The second-order valence-corrected chi connectivity index (χ2v) is 3.20. The fourth-order valence-corrected chi connectivity index (χ4v) is 1.46. The van der Waals surface area contributed by atoms with Gasteiger partial charge in [0, 0.05) is 11.9 Å². The molecule has 0 aliphatic heterocycles. The van der Waals surface area contributed by atoms with Crippen LogP contribution in [0.2, 0.25) is 0 Å². The number of fused-ring (bicyclic) bond motifs is 1. The van der Waals surface area contributed by atoms with Crippen LogP contribution in [0.25, 0.3) is 10.8 Å². The third kappa shape index (κ3) is 2.23. The lowest BCUT2D eigenvalue weighted by molar-refractivity contribution is -0.104. The quantitative estimate of drug-likeness (QED) is 0.605. The molecule has 0 saturated carbocycles. The number of hydrogen-bond acceptors (Lipinski definition) is 2. The van der Waals surface area contributed by atoms with Crippen LogP contribution in [0.15, 0.2) is 54.7 Å². The van der Waals surface area contributed by atoms with Crippen molar-refractivity contribution >= 4 is 22.7 Å². The number of anilines is 1. The number of carbonyl (C=O) groups is 1. The van der Waals surface area contributed by atoms with Gasteiger partial charge in [0.1, 0.15) is 6.29 Å². The molecule has 0 aromatic heterocycles. The van der Waals surface area contributed by atoms with E-state index >= 15 is 0 Å². The lowest BCUT2D eigenvalue weighted by Crippen LogP contribution is -1.86. The van der Waals surface area contributed by atoms with Gasteiger partial charge in [-0.15, -0.1) is 0 Å².